The molecule has 2 N–H and O–H groups in total. The molecule has 0 aromatic carbocycles. The molecule has 0 spiro atoms. The van der Waals surface area contributed by atoms with Crippen LogP contribution in [0.25, 0.3) is 0 Å². The maximum absolute atomic E-state index is 6.04. The summed E-state index contributed by atoms with van der Waals surface area (Å²) in [5.41, 5.74) is 7.24. The van der Waals surface area contributed by atoms with Crippen molar-refractivity contribution in [3.63, 3.8) is 0 Å². The molecule has 18 heavy (non-hydrogen) atoms. The van der Waals surface area contributed by atoms with Gasteiger partial charge in [0.25, 0.3) is 0 Å². The molecule has 0 amide bonds. The lowest BCUT2D eigenvalue weighted by molar-refractivity contribution is 0.270. The molecule has 2 rings (SSSR count). The summed E-state index contributed by atoms with van der Waals surface area (Å²) < 4.78 is 2.08. The van der Waals surface area contributed by atoms with Gasteiger partial charge in [-0.2, -0.15) is 0 Å². The number of aryl methyl sites for hydroxylation is 1. The summed E-state index contributed by atoms with van der Waals surface area (Å²) in [6.07, 6.45) is 4.56. The molecule has 1 unspecified atom stereocenters. The van der Waals surface area contributed by atoms with Crippen LogP contribution in [0, 0.1) is 5.92 Å². The van der Waals surface area contributed by atoms with Crippen molar-refractivity contribution < 1.29 is 0 Å². The molecular formula is C13H23IN4. The fraction of sp³-hybridized carbons (Fsp3) is 0.615. The van der Waals surface area contributed by atoms with Crippen molar-refractivity contribution in [2.45, 2.75) is 26.3 Å². The van der Waals surface area contributed by atoms with Gasteiger partial charge in [-0.3, -0.25) is 0 Å². The van der Waals surface area contributed by atoms with E-state index < -0.39 is 0 Å². The molecule has 1 atom stereocenters. The van der Waals surface area contributed by atoms with Crippen molar-refractivity contribution in [3.8, 4) is 0 Å². The molecule has 102 valence electrons. The first-order valence-electron chi connectivity index (χ1n) is 6.32. The number of nitrogens with zero attached hydrogens (tertiary/aromatic N) is 3. The minimum Gasteiger partial charge on any atom is -0.370 e. The molecule has 0 aliphatic carbocycles. The number of nitrogens with two attached hydrogens (primary N) is 1. The van der Waals surface area contributed by atoms with Gasteiger partial charge >= 0.3 is 0 Å². The molecule has 1 saturated heterocycles. The first kappa shape index (κ1) is 15.3. The molecule has 0 bridgehead atoms. The van der Waals surface area contributed by atoms with Crippen LogP contribution in [-0.4, -0.2) is 28.5 Å². The van der Waals surface area contributed by atoms with Crippen LogP contribution in [-0.2, 0) is 13.6 Å². The third-order valence-electron chi connectivity index (χ3n) is 3.44. The van der Waals surface area contributed by atoms with Crippen LogP contribution in [0.1, 0.15) is 25.5 Å². The summed E-state index contributed by atoms with van der Waals surface area (Å²) in [6, 6.07) is 4.11. The zero-order chi connectivity index (χ0) is 12.3. The Morgan fingerprint density at radius 2 is 2.33 bits per heavy atom. The predicted octanol–water partition coefficient (Wildman–Crippen LogP) is 2.19. The Bertz CT molecular complexity index is 399. The highest BCUT2D eigenvalue weighted by Crippen LogP contribution is 2.15. The fourth-order valence-electron chi connectivity index (χ4n) is 2.32. The van der Waals surface area contributed by atoms with Gasteiger partial charge in [0.05, 0.1) is 6.54 Å². The maximum Gasteiger partial charge on any atom is 0.191 e. The summed E-state index contributed by atoms with van der Waals surface area (Å²) in [5, 5.41) is 0. The maximum atomic E-state index is 6.04. The molecule has 4 nitrogen and oxygen atoms in total. The van der Waals surface area contributed by atoms with Crippen LogP contribution < -0.4 is 5.73 Å². The lowest BCUT2D eigenvalue weighted by atomic mass is 10.0. The van der Waals surface area contributed by atoms with Crippen molar-refractivity contribution in [1.82, 2.24) is 9.47 Å². The van der Waals surface area contributed by atoms with Crippen LogP contribution in [0.15, 0.2) is 23.3 Å². The Labute approximate surface area is 126 Å². The van der Waals surface area contributed by atoms with E-state index in [1.54, 1.807) is 0 Å². The molecule has 1 aromatic rings. The highest BCUT2D eigenvalue weighted by Gasteiger charge is 2.17. The Balaban J connectivity index is 0.00000162. The Kier molecular flexibility index (Phi) is 5.98. The largest absolute Gasteiger partial charge is 0.370 e. The minimum atomic E-state index is 0. The van der Waals surface area contributed by atoms with E-state index in [9.17, 15) is 0 Å². The van der Waals surface area contributed by atoms with Crippen molar-refractivity contribution in [1.29, 1.82) is 0 Å². The summed E-state index contributed by atoms with van der Waals surface area (Å²) >= 11 is 0. The van der Waals surface area contributed by atoms with Gasteiger partial charge in [-0.1, -0.05) is 6.92 Å². The van der Waals surface area contributed by atoms with Gasteiger partial charge in [-0.15, -0.1) is 24.0 Å². The number of hydrogen-bond acceptors (Lipinski definition) is 1. The van der Waals surface area contributed by atoms with E-state index in [1.165, 1.54) is 18.5 Å². The lowest BCUT2D eigenvalue weighted by Crippen LogP contribution is -2.43. The highest BCUT2D eigenvalue weighted by atomic mass is 127. The van der Waals surface area contributed by atoms with E-state index in [2.05, 4.69) is 27.4 Å². The normalized spacial score (nSPS) is 20.7. The monoisotopic (exact) mass is 362 g/mol. The fourth-order valence-corrected chi connectivity index (χ4v) is 2.32. The molecule has 1 aromatic heterocycles. The number of guanidine groups is 1. The van der Waals surface area contributed by atoms with E-state index in [0.717, 1.165) is 19.0 Å². The molecule has 1 aliphatic rings. The second-order valence-corrected chi connectivity index (χ2v) is 4.98. The molecule has 0 saturated carbocycles. The van der Waals surface area contributed by atoms with Crippen LogP contribution in [0.3, 0.4) is 0 Å². The van der Waals surface area contributed by atoms with Gasteiger partial charge in [0.15, 0.2) is 5.96 Å². The summed E-state index contributed by atoms with van der Waals surface area (Å²) in [7, 11) is 2.03. The van der Waals surface area contributed by atoms with E-state index in [0.29, 0.717) is 12.5 Å². The van der Waals surface area contributed by atoms with Gasteiger partial charge in [-0.05, 0) is 30.9 Å². The number of likely N-dealkylation sites (tertiary alicyclic amines) is 1. The number of piperidine rings is 1. The SMILES string of the molecule is CC1CCCN(C(N)=NCc2cccn2C)C1.I. The molecule has 5 heteroatoms. The molecule has 0 radical (unpaired) electrons. The average molecular weight is 362 g/mol. The summed E-state index contributed by atoms with van der Waals surface area (Å²) in [4.78, 5) is 6.69. The van der Waals surface area contributed by atoms with Crippen LogP contribution in [0.4, 0.5) is 0 Å². The zero-order valence-corrected chi connectivity index (χ0v) is 13.5. The summed E-state index contributed by atoms with van der Waals surface area (Å²) in [5.74, 6) is 1.42. The second kappa shape index (κ2) is 7.01. The number of aromatic nitrogens is 1. The van der Waals surface area contributed by atoms with Crippen LogP contribution in [0.2, 0.25) is 0 Å². The van der Waals surface area contributed by atoms with Crippen LogP contribution >= 0.6 is 24.0 Å². The number of aliphatic imine (C=N–C) groups is 1. The number of hydrogen-bond donors (Lipinski definition) is 1. The number of halogens is 1. The number of rotatable bonds is 2. The third-order valence-corrected chi connectivity index (χ3v) is 3.44. The quantitative estimate of drug-likeness (QED) is 0.498. The standard InChI is InChI=1S/C13H22N4.HI/c1-11-5-3-8-17(10-11)13(14)15-9-12-6-4-7-16(12)2;/h4,6-7,11H,3,5,8-10H2,1-2H3,(H2,14,15);1H. The van der Waals surface area contributed by atoms with E-state index in [-0.39, 0.29) is 24.0 Å². The van der Waals surface area contributed by atoms with Gasteiger partial charge in [0, 0.05) is 32.0 Å². The lowest BCUT2D eigenvalue weighted by Gasteiger charge is -2.31. The van der Waals surface area contributed by atoms with Crippen molar-refractivity contribution in [2.75, 3.05) is 13.1 Å². The van der Waals surface area contributed by atoms with Gasteiger partial charge < -0.3 is 15.2 Å². The molecule has 1 aliphatic heterocycles. The van der Waals surface area contributed by atoms with Gasteiger partial charge in [0.1, 0.15) is 0 Å². The Morgan fingerprint density at radius 3 is 2.94 bits per heavy atom. The first-order valence-corrected chi connectivity index (χ1v) is 6.32. The molecular weight excluding hydrogens is 339 g/mol. The van der Waals surface area contributed by atoms with Crippen molar-refractivity contribution in [3.05, 3.63) is 24.0 Å². The summed E-state index contributed by atoms with van der Waals surface area (Å²) in [6.45, 7) is 5.03. The highest BCUT2D eigenvalue weighted by molar-refractivity contribution is 14.0. The van der Waals surface area contributed by atoms with Crippen LogP contribution in [0.5, 0.6) is 0 Å². The second-order valence-electron chi connectivity index (χ2n) is 4.98. The van der Waals surface area contributed by atoms with E-state index in [1.807, 2.05) is 19.3 Å². The van der Waals surface area contributed by atoms with E-state index >= 15 is 0 Å². The minimum absolute atomic E-state index is 0. The zero-order valence-electron chi connectivity index (χ0n) is 11.2. The third kappa shape index (κ3) is 3.90. The van der Waals surface area contributed by atoms with Gasteiger partial charge in [0.2, 0.25) is 0 Å². The molecule has 1 fully saturated rings. The Hall–Kier alpha value is -0.720. The predicted molar refractivity (Wildman–Crippen MR) is 86.1 cm³/mol. The van der Waals surface area contributed by atoms with Crippen molar-refractivity contribution in [2.24, 2.45) is 23.7 Å². The average Bonchev–Trinajstić information content (AvgIpc) is 2.72. The first-order chi connectivity index (χ1) is 8.16. The molecule has 2 heterocycles. The van der Waals surface area contributed by atoms with E-state index in [4.69, 9.17) is 5.73 Å². The van der Waals surface area contributed by atoms with Gasteiger partial charge in [-0.25, -0.2) is 4.99 Å². The van der Waals surface area contributed by atoms with Crippen molar-refractivity contribution >= 4 is 29.9 Å². The smallest absolute Gasteiger partial charge is 0.191 e. The Morgan fingerprint density at radius 1 is 1.56 bits per heavy atom. The topological polar surface area (TPSA) is 46.5 Å².